The molecule has 8 nitrogen and oxygen atoms in total. The minimum absolute atomic E-state index is 0.116. The number of aromatic nitrogens is 2. The average Bonchev–Trinajstić information content (AvgIpc) is 3.48. The van der Waals surface area contributed by atoms with Crippen LogP contribution in [0.5, 0.6) is 0 Å². The first kappa shape index (κ1) is 19.7. The Hall–Kier alpha value is -1.58. The van der Waals surface area contributed by atoms with Crippen molar-refractivity contribution in [1.29, 1.82) is 0 Å². The van der Waals surface area contributed by atoms with Gasteiger partial charge in [0.15, 0.2) is 0 Å². The van der Waals surface area contributed by atoms with Gasteiger partial charge < -0.3 is 0 Å². The Morgan fingerprint density at radius 2 is 1.86 bits per heavy atom. The number of hydrogen-bond donors (Lipinski definition) is 0. The highest BCUT2D eigenvalue weighted by Gasteiger charge is 2.38. The fraction of sp³-hybridized carbons (Fsp3) is 0.737. The lowest BCUT2D eigenvalue weighted by Gasteiger charge is -2.36. The van der Waals surface area contributed by atoms with Crippen LogP contribution in [0, 0.1) is 12.8 Å². The van der Waals surface area contributed by atoms with Crippen LogP contribution in [0.1, 0.15) is 61.6 Å². The van der Waals surface area contributed by atoms with Gasteiger partial charge in [-0.15, -0.1) is 0 Å². The zero-order chi connectivity index (χ0) is 20.1. The van der Waals surface area contributed by atoms with E-state index in [9.17, 15) is 13.2 Å². The van der Waals surface area contributed by atoms with E-state index in [4.69, 9.17) is 9.97 Å². The van der Waals surface area contributed by atoms with Gasteiger partial charge in [-0.3, -0.25) is 9.69 Å². The van der Waals surface area contributed by atoms with Gasteiger partial charge in [0.05, 0.1) is 6.04 Å². The molecule has 2 aliphatic heterocycles. The standard InChI is InChI=1S/C19H29N5O3S/c1-13-15-9-10-17(25)23(12-14-7-8-14)19(15)21-18(20-13)16-6-4-5-11-24(16)28(26,27)22(2)3/h14,16H,4-12H2,1-3H3/t16-/m0/s1. The Morgan fingerprint density at radius 1 is 1.11 bits per heavy atom. The molecular formula is C19H29N5O3S. The number of piperidine rings is 1. The summed E-state index contributed by atoms with van der Waals surface area (Å²) in [5.74, 6) is 1.91. The fourth-order valence-corrected chi connectivity index (χ4v) is 5.45. The molecule has 28 heavy (non-hydrogen) atoms. The lowest BCUT2D eigenvalue weighted by molar-refractivity contribution is -0.119. The Morgan fingerprint density at radius 3 is 2.54 bits per heavy atom. The van der Waals surface area contributed by atoms with Crippen LogP contribution in [0.25, 0.3) is 0 Å². The Balaban J connectivity index is 1.74. The molecule has 3 heterocycles. The van der Waals surface area contributed by atoms with E-state index in [-0.39, 0.29) is 11.9 Å². The van der Waals surface area contributed by atoms with Crippen LogP contribution < -0.4 is 4.90 Å². The van der Waals surface area contributed by atoms with Crippen molar-refractivity contribution in [3.8, 4) is 0 Å². The summed E-state index contributed by atoms with van der Waals surface area (Å²) in [7, 11) is -0.455. The molecule has 1 saturated heterocycles. The number of rotatable bonds is 5. The van der Waals surface area contributed by atoms with Crippen LogP contribution >= 0.6 is 0 Å². The lowest BCUT2D eigenvalue weighted by Crippen LogP contribution is -2.45. The summed E-state index contributed by atoms with van der Waals surface area (Å²) in [5, 5.41) is 0. The molecule has 154 valence electrons. The van der Waals surface area contributed by atoms with Crippen molar-refractivity contribution < 1.29 is 13.2 Å². The van der Waals surface area contributed by atoms with Gasteiger partial charge in [0.2, 0.25) is 5.91 Å². The highest BCUT2D eigenvalue weighted by atomic mass is 32.2. The van der Waals surface area contributed by atoms with Crippen LogP contribution in [0.15, 0.2) is 0 Å². The van der Waals surface area contributed by atoms with Crippen LogP contribution in [-0.2, 0) is 21.4 Å². The molecule has 0 spiro atoms. The topological polar surface area (TPSA) is 86.7 Å². The van der Waals surface area contributed by atoms with Crippen molar-refractivity contribution in [2.45, 2.75) is 57.9 Å². The maximum absolute atomic E-state index is 12.8. The van der Waals surface area contributed by atoms with Crippen LogP contribution in [-0.4, -0.2) is 60.1 Å². The number of fused-ring (bicyclic) bond motifs is 1. The third-order valence-corrected chi connectivity index (χ3v) is 7.95. The molecule has 2 fully saturated rings. The maximum atomic E-state index is 12.8. The van der Waals surface area contributed by atoms with Crippen molar-refractivity contribution in [1.82, 2.24) is 18.6 Å². The summed E-state index contributed by atoms with van der Waals surface area (Å²) in [5.41, 5.74) is 1.89. The summed E-state index contributed by atoms with van der Waals surface area (Å²) < 4.78 is 28.5. The zero-order valence-electron chi connectivity index (χ0n) is 16.9. The van der Waals surface area contributed by atoms with Gasteiger partial charge in [-0.05, 0) is 44.9 Å². The van der Waals surface area contributed by atoms with Gasteiger partial charge in [0, 0.05) is 44.9 Å². The Bertz CT molecular complexity index is 882. The number of nitrogens with zero attached hydrogens (tertiary/aromatic N) is 5. The molecule has 0 N–H and O–H groups in total. The molecule has 1 aromatic rings. The second kappa shape index (κ2) is 7.35. The van der Waals surface area contributed by atoms with E-state index in [1.54, 1.807) is 14.1 Å². The second-order valence-corrected chi connectivity index (χ2v) is 10.4. The molecule has 4 rings (SSSR count). The van der Waals surface area contributed by atoms with Crippen molar-refractivity contribution in [2.24, 2.45) is 5.92 Å². The Kier molecular flexibility index (Phi) is 5.18. The maximum Gasteiger partial charge on any atom is 0.282 e. The molecular weight excluding hydrogens is 378 g/mol. The summed E-state index contributed by atoms with van der Waals surface area (Å²) >= 11 is 0. The highest BCUT2D eigenvalue weighted by molar-refractivity contribution is 7.86. The largest absolute Gasteiger partial charge is 0.296 e. The number of anilines is 1. The monoisotopic (exact) mass is 407 g/mol. The van der Waals surface area contributed by atoms with E-state index in [1.807, 2.05) is 11.8 Å². The van der Waals surface area contributed by atoms with E-state index in [2.05, 4.69) is 0 Å². The van der Waals surface area contributed by atoms with Crippen molar-refractivity contribution in [2.75, 3.05) is 32.1 Å². The fourth-order valence-electron chi connectivity index (χ4n) is 4.15. The molecule has 0 bridgehead atoms. The molecule has 1 amide bonds. The first-order valence-electron chi connectivity index (χ1n) is 10.2. The molecule has 1 atom stereocenters. The summed E-state index contributed by atoms with van der Waals surface area (Å²) in [4.78, 5) is 23.9. The van der Waals surface area contributed by atoms with E-state index in [1.165, 1.54) is 8.61 Å². The normalized spacial score (nSPS) is 23.9. The molecule has 3 aliphatic rings. The van der Waals surface area contributed by atoms with Gasteiger partial charge in [-0.25, -0.2) is 9.97 Å². The lowest BCUT2D eigenvalue weighted by atomic mass is 10.0. The Labute approximate surface area is 167 Å². The van der Waals surface area contributed by atoms with Gasteiger partial charge >= 0.3 is 0 Å². The van der Waals surface area contributed by atoms with Crippen LogP contribution in [0.3, 0.4) is 0 Å². The first-order valence-corrected chi connectivity index (χ1v) is 11.6. The molecule has 0 unspecified atom stereocenters. The minimum atomic E-state index is -3.56. The smallest absolute Gasteiger partial charge is 0.282 e. The number of amides is 1. The molecule has 1 aliphatic carbocycles. The number of carbonyl (C=O) groups is 1. The van der Waals surface area contributed by atoms with E-state index in [0.717, 1.165) is 36.9 Å². The third-order valence-electron chi connectivity index (χ3n) is 6.00. The molecule has 0 radical (unpaired) electrons. The van der Waals surface area contributed by atoms with E-state index in [0.29, 0.717) is 49.9 Å². The highest BCUT2D eigenvalue weighted by Crippen LogP contribution is 2.37. The van der Waals surface area contributed by atoms with Crippen molar-refractivity contribution in [3.05, 3.63) is 17.1 Å². The van der Waals surface area contributed by atoms with Crippen molar-refractivity contribution in [3.63, 3.8) is 0 Å². The van der Waals surface area contributed by atoms with Crippen molar-refractivity contribution >= 4 is 21.9 Å². The van der Waals surface area contributed by atoms with Gasteiger partial charge in [0.1, 0.15) is 11.6 Å². The average molecular weight is 408 g/mol. The van der Waals surface area contributed by atoms with Crippen LogP contribution in [0.4, 0.5) is 5.82 Å². The number of aryl methyl sites for hydroxylation is 1. The van der Waals surface area contributed by atoms with Gasteiger partial charge in [-0.1, -0.05) is 6.42 Å². The molecule has 9 heteroatoms. The SMILES string of the molecule is Cc1nc([C@@H]2CCCCN2S(=O)(=O)N(C)C)nc2c1CCC(=O)N2CC1CC1. The van der Waals surface area contributed by atoms with E-state index >= 15 is 0 Å². The van der Waals surface area contributed by atoms with Crippen LogP contribution in [0.2, 0.25) is 0 Å². The quantitative estimate of drug-likeness (QED) is 0.743. The summed E-state index contributed by atoms with van der Waals surface area (Å²) in [6.07, 6.45) is 5.94. The first-order chi connectivity index (χ1) is 13.3. The molecule has 1 aromatic heterocycles. The predicted molar refractivity (Wildman–Crippen MR) is 106 cm³/mol. The summed E-state index contributed by atoms with van der Waals surface area (Å²) in [6.45, 7) is 3.13. The molecule has 1 saturated carbocycles. The van der Waals surface area contributed by atoms with Gasteiger partial charge in [-0.2, -0.15) is 17.0 Å². The predicted octanol–water partition coefficient (Wildman–Crippen LogP) is 1.81. The van der Waals surface area contributed by atoms with Gasteiger partial charge in [0.25, 0.3) is 10.2 Å². The third kappa shape index (κ3) is 3.55. The number of hydrogen-bond acceptors (Lipinski definition) is 5. The summed E-state index contributed by atoms with van der Waals surface area (Å²) in [6, 6.07) is -0.384. The number of carbonyl (C=O) groups excluding carboxylic acids is 1. The van der Waals surface area contributed by atoms with E-state index < -0.39 is 10.2 Å². The zero-order valence-corrected chi connectivity index (χ0v) is 17.7. The minimum Gasteiger partial charge on any atom is -0.296 e. The second-order valence-electron chi connectivity index (χ2n) is 8.33. The molecule has 0 aromatic carbocycles.